The molecule has 0 saturated carbocycles. The van der Waals surface area contributed by atoms with Gasteiger partial charge in [0, 0.05) is 25.3 Å². The number of hydrogen-bond acceptors (Lipinski definition) is 6. The van der Waals surface area contributed by atoms with Crippen LogP contribution in [0.25, 0.3) is 0 Å². The number of amides is 2. The Morgan fingerprint density at radius 1 is 1.27 bits per heavy atom. The van der Waals surface area contributed by atoms with Crippen molar-refractivity contribution in [2.45, 2.75) is 6.92 Å². The molecule has 1 rings (SSSR count). The van der Waals surface area contributed by atoms with E-state index in [-0.39, 0.29) is 5.57 Å². The van der Waals surface area contributed by atoms with Gasteiger partial charge in [-0.2, -0.15) is 5.26 Å². The molecular formula is C14H14ClN3O4. The van der Waals surface area contributed by atoms with Crippen molar-refractivity contribution in [1.29, 1.82) is 5.26 Å². The molecule has 2 amide bonds. The van der Waals surface area contributed by atoms with Crippen molar-refractivity contribution in [3.63, 3.8) is 0 Å². The molecule has 0 atom stereocenters. The van der Waals surface area contributed by atoms with Gasteiger partial charge in [-0.15, -0.1) is 0 Å². The first kappa shape index (κ1) is 17.3. The summed E-state index contributed by atoms with van der Waals surface area (Å²) in [7, 11) is 2.90. The minimum absolute atomic E-state index is 0.272. The largest absolute Gasteiger partial charge is 0.495 e. The van der Waals surface area contributed by atoms with Crippen LogP contribution in [-0.4, -0.2) is 26.0 Å². The Morgan fingerprint density at radius 2 is 1.91 bits per heavy atom. The van der Waals surface area contributed by atoms with Crippen LogP contribution in [0.1, 0.15) is 6.92 Å². The number of imide groups is 1. The molecule has 2 N–H and O–H groups in total. The predicted molar refractivity (Wildman–Crippen MR) is 80.7 cm³/mol. The van der Waals surface area contributed by atoms with Crippen LogP contribution >= 0.6 is 11.6 Å². The molecule has 0 aliphatic carbocycles. The van der Waals surface area contributed by atoms with E-state index in [2.05, 4.69) is 5.32 Å². The van der Waals surface area contributed by atoms with Crippen LogP contribution < -0.4 is 20.1 Å². The predicted octanol–water partition coefficient (Wildman–Crippen LogP) is 1.84. The standard InChI is InChI=1S/C14H14ClN3O4/c1-8(19)18-14(20)9(6-16)7-17-11-5-12(21-2)10(15)4-13(11)22-3/h4-5,7,17H,1-3H3,(H,18,19,20). The molecule has 116 valence electrons. The molecule has 7 nitrogen and oxygen atoms in total. The first-order chi connectivity index (χ1) is 10.4. The first-order valence-electron chi connectivity index (χ1n) is 6.03. The average molecular weight is 324 g/mol. The van der Waals surface area contributed by atoms with Gasteiger partial charge in [0.15, 0.2) is 0 Å². The lowest BCUT2D eigenvalue weighted by Crippen LogP contribution is -2.29. The number of nitrogens with zero attached hydrogens (tertiary/aromatic N) is 1. The second-order valence-electron chi connectivity index (χ2n) is 4.01. The summed E-state index contributed by atoms with van der Waals surface area (Å²) in [5.41, 5.74) is 0.165. The quantitative estimate of drug-likeness (QED) is 0.633. The van der Waals surface area contributed by atoms with E-state index < -0.39 is 11.8 Å². The van der Waals surface area contributed by atoms with E-state index in [9.17, 15) is 9.59 Å². The zero-order chi connectivity index (χ0) is 16.7. The summed E-state index contributed by atoms with van der Waals surface area (Å²) >= 11 is 5.98. The molecule has 22 heavy (non-hydrogen) atoms. The Bertz CT molecular complexity index is 665. The third kappa shape index (κ3) is 4.40. The molecule has 8 heteroatoms. The van der Waals surface area contributed by atoms with Crippen molar-refractivity contribution in [2.24, 2.45) is 0 Å². The Hall–Kier alpha value is -2.72. The minimum atomic E-state index is -0.803. The first-order valence-corrected chi connectivity index (χ1v) is 6.41. The highest BCUT2D eigenvalue weighted by atomic mass is 35.5. The number of ether oxygens (including phenoxy) is 2. The molecule has 0 spiro atoms. The highest BCUT2D eigenvalue weighted by Crippen LogP contribution is 2.35. The Morgan fingerprint density at radius 3 is 2.41 bits per heavy atom. The zero-order valence-electron chi connectivity index (χ0n) is 12.2. The van der Waals surface area contributed by atoms with Gasteiger partial charge in [0.05, 0.1) is 24.9 Å². The zero-order valence-corrected chi connectivity index (χ0v) is 12.9. The normalized spacial score (nSPS) is 10.4. The number of nitrogens with one attached hydrogen (secondary N) is 2. The van der Waals surface area contributed by atoms with Gasteiger partial charge in [-0.05, 0) is 0 Å². The topological polar surface area (TPSA) is 100 Å². The fourth-order valence-electron chi connectivity index (χ4n) is 1.50. The number of carbonyl (C=O) groups is 2. The van der Waals surface area contributed by atoms with Gasteiger partial charge in [0.25, 0.3) is 5.91 Å². The van der Waals surface area contributed by atoms with Gasteiger partial charge in [-0.25, -0.2) is 0 Å². The lowest BCUT2D eigenvalue weighted by atomic mass is 10.2. The van der Waals surface area contributed by atoms with Gasteiger partial charge in [0.2, 0.25) is 5.91 Å². The molecule has 0 bridgehead atoms. The van der Waals surface area contributed by atoms with Crippen LogP contribution in [0.4, 0.5) is 5.69 Å². The summed E-state index contributed by atoms with van der Waals surface area (Å²) in [5, 5.41) is 14.1. The molecule has 0 radical (unpaired) electrons. The fraction of sp³-hybridized carbons (Fsp3) is 0.214. The molecule has 1 aromatic carbocycles. The molecule has 0 aliphatic heterocycles. The van der Waals surface area contributed by atoms with Crippen molar-refractivity contribution in [3.8, 4) is 17.6 Å². The van der Waals surface area contributed by atoms with Crippen LogP contribution in [0.2, 0.25) is 5.02 Å². The maximum atomic E-state index is 11.6. The van der Waals surface area contributed by atoms with Crippen molar-refractivity contribution >= 4 is 29.1 Å². The van der Waals surface area contributed by atoms with Crippen molar-refractivity contribution in [3.05, 3.63) is 28.9 Å². The maximum absolute atomic E-state index is 11.6. The van der Waals surface area contributed by atoms with Gasteiger partial charge >= 0.3 is 0 Å². The summed E-state index contributed by atoms with van der Waals surface area (Å²) < 4.78 is 10.2. The molecule has 0 heterocycles. The molecule has 1 aromatic rings. The van der Waals surface area contributed by atoms with Crippen molar-refractivity contribution in [1.82, 2.24) is 5.32 Å². The molecule has 0 aliphatic rings. The summed E-state index contributed by atoms with van der Waals surface area (Å²) in [6.45, 7) is 1.17. The van der Waals surface area contributed by atoms with Crippen molar-refractivity contribution in [2.75, 3.05) is 19.5 Å². The van der Waals surface area contributed by atoms with Gasteiger partial charge in [-0.1, -0.05) is 11.6 Å². The highest BCUT2D eigenvalue weighted by molar-refractivity contribution is 6.32. The SMILES string of the molecule is COc1cc(NC=C(C#N)C(=O)NC(C)=O)c(OC)cc1Cl. The lowest BCUT2D eigenvalue weighted by Gasteiger charge is -2.12. The van der Waals surface area contributed by atoms with Crippen molar-refractivity contribution < 1.29 is 19.1 Å². The molecule has 0 fully saturated rings. The number of anilines is 1. The number of nitriles is 1. The number of methoxy groups -OCH3 is 2. The number of benzene rings is 1. The van der Waals surface area contributed by atoms with Crippen LogP contribution in [0.15, 0.2) is 23.9 Å². The third-order valence-corrected chi connectivity index (χ3v) is 2.80. The Balaban J connectivity index is 3.07. The van der Waals surface area contributed by atoms with Crippen LogP contribution in [0.5, 0.6) is 11.5 Å². The third-order valence-electron chi connectivity index (χ3n) is 2.50. The van der Waals surface area contributed by atoms with Crippen LogP contribution in [0.3, 0.4) is 0 Å². The van der Waals surface area contributed by atoms with Gasteiger partial charge < -0.3 is 14.8 Å². The summed E-state index contributed by atoms with van der Waals surface area (Å²) in [4.78, 5) is 22.4. The van der Waals surface area contributed by atoms with Gasteiger partial charge in [-0.3, -0.25) is 14.9 Å². The smallest absolute Gasteiger partial charge is 0.269 e. The van der Waals surface area contributed by atoms with E-state index in [0.717, 1.165) is 6.20 Å². The van der Waals surface area contributed by atoms with Crippen LogP contribution in [-0.2, 0) is 9.59 Å². The van der Waals surface area contributed by atoms with E-state index in [1.54, 1.807) is 12.1 Å². The molecule has 0 aromatic heterocycles. The maximum Gasteiger partial charge on any atom is 0.269 e. The number of carbonyl (C=O) groups excluding carboxylic acids is 2. The second kappa shape index (κ2) is 7.90. The lowest BCUT2D eigenvalue weighted by molar-refractivity contribution is -0.126. The monoisotopic (exact) mass is 323 g/mol. The van der Waals surface area contributed by atoms with Crippen LogP contribution in [0, 0.1) is 11.3 Å². The number of hydrogen-bond donors (Lipinski definition) is 2. The second-order valence-corrected chi connectivity index (χ2v) is 4.42. The number of halogens is 1. The van der Waals surface area contributed by atoms with E-state index in [1.807, 2.05) is 5.32 Å². The average Bonchev–Trinajstić information content (AvgIpc) is 2.47. The van der Waals surface area contributed by atoms with Gasteiger partial charge in [0.1, 0.15) is 23.1 Å². The van der Waals surface area contributed by atoms with E-state index in [4.69, 9.17) is 26.3 Å². The summed E-state index contributed by atoms with van der Waals surface area (Å²) in [6.07, 6.45) is 1.16. The minimum Gasteiger partial charge on any atom is -0.495 e. The van der Waals surface area contributed by atoms with E-state index in [1.165, 1.54) is 27.2 Å². The number of rotatable bonds is 5. The molecule has 0 saturated heterocycles. The Kier molecular flexibility index (Phi) is 6.23. The molecular weight excluding hydrogens is 310 g/mol. The van der Waals surface area contributed by atoms with E-state index in [0.29, 0.717) is 22.2 Å². The summed E-state index contributed by atoms with van der Waals surface area (Å²) in [5.74, 6) is -0.573. The fourth-order valence-corrected chi connectivity index (χ4v) is 1.73. The Labute approximate surface area is 132 Å². The summed E-state index contributed by atoms with van der Waals surface area (Å²) in [6, 6.07) is 4.77. The molecule has 0 unspecified atom stereocenters. The van der Waals surface area contributed by atoms with E-state index >= 15 is 0 Å². The highest BCUT2D eigenvalue weighted by Gasteiger charge is 2.12.